The molecule has 102 valence electrons. The molecule has 2 aromatic rings. The number of aliphatic hydroxyl groups is 1. The molecule has 1 heterocycles. The van der Waals surface area contributed by atoms with E-state index in [0.717, 1.165) is 23.4 Å². The zero-order valence-electron chi connectivity index (χ0n) is 12.1. The van der Waals surface area contributed by atoms with Crippen LogP contribution in [0, 0.1) is 20.8 Å². The van der Waals surface area contributed by atoms with Crippen LogP contribution in [0.3, 0.4) is 0 Å². The molecule has 0 amide bonds. The lowest BCUT2D eigenvalue weighted by molar-refractivity contribution is 0.150. The number of aliphatic hydroxyl groups excluding tert-OH is 1. The number of hydrogen-bond donors (Lipinski definition) is 1. The Hall–Kier alpha value is -1.61. The maximum atomic E-state index is 10.3. The molecule has 3 nitrogen and oxygen atoms in total. The van der Waals surface area contributed by atoms with Crippen molar-refractivity contribution in [2.45, 2.75) is 46.8 Å². The van der Waals surface area contributed by atoms with Gasteiger partial charge in [-0.2, -0.15) is 5.10 Å². The van der Waals surface area contributed by atoms with Crippen molar-refractivity contribution in [1.29, 1.82) is 0 Å². The lowest BCUT2D eigenvalue weighted by Gasteiger charge is -2.13. The van der Waals surface area contributed by atoms with Gasteiger partial charge in [0.1, 0.15) is 0 Å². The van der Waals surface area contributed by atoms with Gasteiger partial charge in [0.15, 0.2) is 0 Å². The molecule has 0 saturated carbocycles. The van der Waals surface area contributed by atoms with Crippen LogP contribution in [0.5, 0.6) is 0 Å². The molecular weight excluding hydrogens is 236 g/mol. The predicted molar refractivity (Wildman–Crippen MR) is 77.2 cm³/mol. The fourth-order valence-corrected chi connectivity index (χ4v) is 2.48. The molecule has 1 aromatic heterocycles. The van der Waals surface area contributed by atoms with E-state index in [1.54, 1.807) is 0 Å². The van der Waals surface area contributed by atoms with Crippen molar-refractivity contribution in [1.82, 2.24) is 9.78 Å². The molecule has 1 unspecified atom stereocenters. The summed E-state index contributed by atoms with van der Waals surface area (Å²) in [4.78, 5) is 0. The van der Waals surface area contributed by atoms with Crippen LogP contribution in [-0.4, -0.2) is 14.9 Å². The van der Waals surface area contributed by atoms with Crippen molar-refractivity contribution < 1.29 is 5.11 Å². The zero-order valence-corrected chi connectivity index (χ0v) is 12.1. The average Bonchev–Trinajstić information content (AvgIpc) is 2.64. The summed E-state index contributed by atoms with van der Waals surface area (Å²) in [7, 11) is 0. The summed E-state index contributed by atoms with van der Waals surface area (Å²) in [5.41, 5.74) is 5.66. The number of benzene rings is 1. The van der Waals surface area contributed by atoms with Gasteiger partial charge in [-0.05, 0) is 38.3 Å². The SMILES string of the molecule is CCc1c(C)nn(CC(O)c2ccc(C)cc2)c1C. The molecule has 3 heteroatoms. The van der Waals surface area contributed by atoms with Gasteiger partial charge in [-0.3, -0.25) is 4.68 Å². The van der Waals surface area contributed by atoms with Crippen LogP contribution < -0.4 is 0 Å². The summed E-state index contributed by atoms with van der Waals surface area (Å²) in [5, 5.41) is 14.8. The topological polar surface area (TPSA) is 38.0 Å². The lowest BCUT2D eigenvalue weighted by atomic mass is 10.1. The second-order valence-corrected chi connectivity index (χ2v) is 5.11. The van der Waals surface area contributed by atoms with Gasteiger partial charge in [0, 0.05) is 5.69 Å². The van der Waals surface area contributed by atoms with Gasteiger partial charge >= 0.3 is 0 Å². The Morgan fingerprint density at radius 1 is 1.16 bits per heavy atom. The third-order valence-corrected chi connectivity index (χ3v) is 3.69. The van der Waals surface area contributed by atoms with E-state index in [1.165, 1.54) is 11.1 Å². The quantitative estimate of drug-likeness (QED) is 0.915. The minimum absolute atomic E-state index is 0.510. The van der Waals surface area contributed by atoms with E-state index in [9.17, 15) is 5.11 Å². The third-order valence-electron chi connectivity index (χ3n) is 3.69. The molecule has 0 aliphatic heterocycles. The second kappa shape index (κ2) is 5.57. The first-order valence-electron chi connectivity index (χ1n) is 6.80. The monoisotopic (exact) mass is 258 g/mol. The van der Waals surface area contributed by atoms with Crippen LogP contribution >= 0.6 is 0 Å². The molecule has 0 radical (unpaired) electrons. The van der Waals surface area contributed by atoms with Crippen molar-refractivity contribution in [2.75, 3.05) is 0 Å². The number of aryl methyl sites for hydroxylation is 2. The van der Waals surface area contributed by atoms with Crippen LogP contribution in [0.15, 0.2) is 24.3 Å². The Morgan fingerprint density at radius 3 is 2.32 bits per heavy atom. The Balaban J connectivity index is 2.19. The smallest absolute Gasteiger partial charge is 0.0985 e. The highest BCUT2D eigenvalue weighted by molar-refractivity contribution is 5.26. The van der Waals surface area contributed by atoms with Crippen molar-refractivity contribution >= 4 is 0 Å². The molecule has 0 bridgehead atoms. The molecule has 1 N–H and O–H groups in total. The molecule has 2 rings (SSSR count). The molecule has 1 atom stereocenters. The largest absolute Gasteiger partial charge is 0.386 e. The summed E-state index contributed by atoms with van der Waals surface area (Å²) in [6, 6.07) is 8.01. The summed E-state index contributed by atoms with van der Waals surface area (Å²) in [6.07, 6.45) is 0.474. The van der Waals surface area contributed by atoms with Crippen molar-refractivity contribution in [3.05, 3.63) is 52.3 Å². The maximum Gasteiger partial charge on any atom is 0.0985 e. The molecular formula is C16H22N2O. The normalized spacial score (nSPS) is 12.7. The molecule has 19 heavy (non-hydrogen) atoms. The summed E-state index contributed by atoms with van der Waals surface area (Å²) < 4.78 is 1.92. The number of hydrogen-bond acceptors (Lipinski definition) is 2. The minimum Gasteiger partial charge on any atom is -0.386 e. The van der Waals surface area contributed by atoms with Crippen LogP contribution in [0.4, 0.5) is 0 Å². The number of nitrogens with zero attached hydrogens (tertiary/aromatic N) is 2. The minimum atomic E-state index is -0.511. The standard InChI is InChI=1S/C16H22N2O/c1-5-15-12(3)17-18(13(15)4)10-16(19)14-8-6-11(2)7-9-14/h6-9,16,19H,5,10H2,1-4H3. The molecule has 0 saturated heterocycles. The van der Waals surface area contributed by atoms with Crippen LogP contribution in [0.25, 0.3) is 0 Å². The van der Waals surface area contributed by atoms with E-state index in [0.29, 0.717) is 6.54 Å². The van der Waals surface area contributed by atoms with E-state index in [-0.39, 0.29) is 0 Å². The van der Waals surface area contributed by atoms with Gasteiger partial charge in [-0.25, -0.2) is 0 Å². The van der Waals surface area contributed by atoms with Gasteiger partial charge in [-0.1, -0.05) is 36.8 Å². The van der Waals surface area contributed by atoms with Crippen molar-refractivity contribution in [2.24, 2.45) is 0 Å². The highest BCUT2D eigenvalue weighted by atomic mass is 16.3. The molecule has 0 aliphatic rings. The first kappa shape index (κ1) is 13.8. The summed E-state index contributed by atoms with van der Waals surface area (Å²) in [5.74, 6) is 0. The van der Waals surface area contributed by atoms with E-state index in [2.05, 4.69) is 18.9 Å². The Morgan fingerprint density at radius 2 is 1.79 bits per heavy atom. The van der Waals surface area contributed by atoms with Crippen LogP contribution in [0.1, 0.15) is 41.1 Å². The molecule has 0 aliphatic carbocycles. The molecule has 1 aromatic carbocycles. The van der Waals surface area contributed by atoms with Gasteiger partial charge < -0.3 is 5.11 Å². The Kier molecular flexibility index (Phi) is 4.05. The summed E-state index contributed by atoms with van der Waals surface area (Å²) in [6.45, 7) is 8.79. The first-order valence-corrected chi connectivity index (χ1v) is 6.80. The molecule has 0 fully saturated rings. The van der Waals surface area contributed by atoms with Crippen LogP contribution in [-0.2, 0) is 13.0 Å². The first-order chi connectivity index (χ1) is 9.02. The summed E-state index contributed by atoms with van der Waals surface area (Å²) >= 11 is 0. The van der Waals surface area contributed by atoms with Gasteiger partial charge in [-0.15, -0.1) is 0 Å². The van der Waals surface area contributed by atoms with E-state index < -0.39 is 6.10 Å². The van der Waals surface area contributed by atoms with Crippen LogP contribution in [0.2, 0.25) is 0 Å². The molecule has 0 spiro atoms. The second-order valence-electron chi connectivity index (χ2n) is 5.11. The zero-order chi connectivity index (χ0) is 14.0. The highest BCUT2D eigenvalue weighted by Gasteiger charge is 2.14. The Labute approximate surface area is 114 Å². The van der Waals surface area contributed by atoms with E-state index in [1.807, 2.05) is 42.8 Å². The van der Waals surface area contributed by atoms with Gasteiger partial charge in [0.25, 0.3) is 0 Å². The Bertz CT molecular complexity index is 555. The van der Waals surface area contributed by atoms with Crippen molar-refractivity contribution in [3.63, 3.8) is 0 Å². The van der Waals surface area contributed by atoms with Gasteiger partial charge in [0.2, 0.25) is 0 Å². The number of rotatable bonds is 4. The maximum absolute atomic E-state index is 10.3. The fraction of sp³-hybridized carbons (Fsp3) is 0.438. The average molecular weight is 258 g/mol. The third kappa shape index (κ3) is 2.87. The van der Waals surface area contributed by atoms with E-state index in [4.69, 9.17) is 0 Å². The lowest BCUT2D eigenvalue weighted by Crippen LogP contribution is -2.11. The highest BCUT2D eigenvalue weighted by Crippen LogP contribution is 2.19. The van der Waals surface area contributed by atoms with E-state index >= 15 is 0 Å². The fourth-order valence-electron chi connectivity index (χ4n) is 2.48. The van der Waals surface area contributed by atoms with Crippen molar-refractivity contribution in [3.8, 4) is 0 Å². The number of aromatic nitrogens is 2. The van der Waals surface area contributed by atoms with Gasteiger partial charge in [0.05, 0.1) is 18.3 Å². The predicted octanol–water partition coefficient (Wildman–Crippen LogP) is 3.10.